The molecule has 2 N–H and O–H groups in total. The van der Waals surface area contributed by atoms with E-state index in [0.29, 0.717) is 18.4 Å². The van der Waals surface area contributed by atoms with Crippen LogP contribution in [0.5, 0.6) is 5.75 Å². The normalized spacial score (nSPS) is 28.2. The van der Waals surface area contributed by atoms with Gasteiger partial charge in [-0.05, 0) is 44.9 Å². The Bertz CT molecular complexity index is 910. The molecule has 4 unspecified atom stereocenters. The van der Waals surface area contributed by atoms with E-state index in [1.807, 2.05) is 6.92 Å². The van der Waals surface area contributed by atoms with Crippen molar-refractivity contribution >= 4 is 17.8 Å². The lowest BCUT2D eigenvalue weighted by Crippen LogP contribution is -2.57. The van der Waals surface area contributed by atoms with E-state index in [1.165, 1.54) is 12.1 Å². The fraction of sp³-hybridized carbons (Fsp3) is 0.591. The number of benzene rings is 1. The Balaban J connectivity index is 2.07. The maximum absolute atomic E-state index is 13.4. The molecule has 2 fully saturated rings. The van der Waals surface area contributed by atoms with Gasteiger partial charge < -0.3 is 9.84 Å². The molecule has 0 radical (unpaired) electrons. The molecule has 3 rings (SSSR count). The maximum atomic E-state index is 13.4. The van der Waals surface area contributed by atoms with Gasteiger partial charge in [-0.3, -0.25) is 24.6 Å². The molecule has 0 saturated carbocycles. The largest absolute Gasteiger partial charge is 0.573 e. The topological polar surface area (TPSA) is 95.9 Å². The molecule has 2 saturated heterocycles. The van der Waals surface area contributed by atoms with E-state index >= 15 is 0 Å². The van der Waals surface area contributed by atoms with Gasteiger partial charge in [0.2, 0.25) is 11.8 Å². The lowest BCUT2D eigenvalue weighted by molar-refractivity contribution is -0.274. The van der Waals surface area contributed by atoms with Crippen LogP contribution in [0.4, 0.5) is 13.2 Å². The van der Waals surface area contributed by atoms with E-state index < -0.39 is 58.9 Å². The first kappa shape index (κ1) is 24.0. The van der Waals surface area contributed by atoms with Crippen molar-refractivity contribution in [3.05, 3.63) is 29.8 Å². The summed E-state index contributed by atoms with van der Waals surface area (Å²) in [7, 11) is 0. The highest BCUT2D eigenvalue weighted by Crippen LogP contribution is 2.52. The number of hydrogen-bond acceptors (Lipinski definition) is 5. The number of carboxylic acids is 1. The van der Waals surface area contributed by atoms with Gasteiger partial charge in [-0.2, -0.15) is 0 Å². The van der Waals surface area contributed by atoms with Crippen LogP contribution < -0.4 is 10.1 Å². The van der Waals surface area contributed by atoms with Gasteiger partial charge in [0.15, 0.2) is 0 Å². The summed E-state index contributed by atoms with van der Waals surface area (Å²) in [6.07, 6.45) is -3.50. The van der Waals surface area contributed by atoms with Gasteiger partial charge in [0.1, 0.15) is 11.3 Å². The molecule has 2 aliphatic heterocycles. The Morgan fingerprint density at radius 1 is 1.16 bits per heavy atom. The van der Waals surface area contributed by atoms with Crippen molar-refractivity contribution in [2.45, 2.75) is 70.4 Å². The van der Waals surface area contributed by atoms with E-state index in [-0.39, 0.29) is 6.42 Å². The van der Waals surface area contributed by atoms with Gasteiger partial charge in [-0.25, -0.2) is 0 Å². The number of aliphatic carboxylic acids is 1. The third-order valence-corrected chi connectivity index (χ3v) is 6.10. The molecule has 2 amide bonds. The fourth-order valence-electron chi connectivity index (χ4n) is 4.82. The number of unbranched alkanes of at least 4 members (excludes halogenated alkanes) is 1. The fourth-order valence-corrected chi connectivity index (χ4v) is 4.82. The van der Waals surface area contributed by atoms with Crippen LogP contribution in [-0.2, 0) is 14.4 Å². The van der Waals surface area contributed by atoms with Crippen LogP contribution in [0.25, 0.3) is 0 Å². The molecule has 1 aromatic rings. The molecule has 1 aromatic carbocycles. The van der Waals surface area contributed by atoms with E-state index in [0.717, 1.165) is 17.0 Å². The van der Waals surface area contributed by atoms with E-state index in [9.17, 15) is 32.7 Å². The van der Waals surface area contributed by atoms with Crippen molar-refractivity contribution in [3.8, 4) is 5.75 Å². The van der Waals surface area contributed by atoms with Gasteiger partial charge in [-0.15, -0.1) is 13.2 Å². The van der Waals surface area contributed by atoms with Crippen LogP contribution in [0.1, 0.15) is 58.6 Å². The summed E-state index contributed by atoms with van der Waals surface area (Å²) in [5, 5.41) is 13.2. The number of alkyl halides is 3. The van der Waals surface area contributed by atoms with E-state index in [4.69, 9.17) is 0 Å². The summed E-state index contributed by atoms with van der Waals surface area (Å²) >= 11 is 0. The number of carboxylic acid groups (broad SMARTS) is 1. The highest BCUT2D eigenvalue weighted by Gasteiger charge is 2.69. The number of rotatable bonds is 6. The Morgan fingerprint density at radius 2 is 1.75 bits per heavy atom. The van der Waals surface area contributed by atoms with Crippen LogP contribution >= 0.6 is 0 Å². The van der Waals surface area contributed by atoms with Crippen LogP contribution in [-0.4, -0.2) is 45.2 Å². The lowest BCUT2D eigenvalue weighted by atomic mass is 9.76. The van der Waals surface area contributed by atoms with E-state index in [2.05, 4.69) is 10.1 Å². The molecule has 0 aliphatic carbocycles. The lowest BCUT2D eigenvalue weighted by Gasteiger charge is -2.35. The molecule has 32 heavy (non-hydrogen) atoms. The number of halogens is 3. The smallest absolute Gasteiger partial charge is 0.480 e. The standard InChI is InChI=1S/C22H27F3N2O5/c1-5-6-11-21(19(30)31)15-14(17(28)27(18(15)29)20(2,3)4)16(26-21)12-7-9-13(10-8-12)32-22(23,24)25/h7-10,14-16,26H,5-6,11H2,1-4H3,(H,30,31). The molecule has 4 atom stereocenters. The number of ether oxygens (including phenoxy) is 1. The number of fused-ring (bicyclic) bond motifs is 1. The predicted octanol–water partition coefficient (Wildman–Crippen LogP) is 3.64. The van der Waals surface area contributed by atoms with Crippen LogP contribution in [0.15, 0.2) is 24.3 Å². The SMILES string of the molecule is CCCCC1(C(=O)O)NC(c2ccc(OC(F)(F)F)cc2)C2C(=O)N(C(C)(C)C)C(=O)C21. The van der Waals surface area contributed by atoms with Crippen LogP contribution in [0.3, 0.4) is 0 Å². The second-order valence-electron chi connectivity index (χ2n) is 9.31. The van der Waals surface area contributed by atoms with Crippen molar-refractivity contribution < 1.29 is 37.4 Å². The summed E-state index contributed by atoms with van der Waals surface area (Å²) in [6.45, 7) is 6.99. The van der Waals surface area contributed by atoms with Crippen molar-refractivity contribution in [1.29, 1.82) is 0 Å². The number of carbonyl (C=O) groups excluding carboxylic acids is 2. The second-order valence-corrected chi connectivity index (χ2v) is 9.31. The minimum Gasteiger partial charge on any atom is -0.480 e. The summed E-state index contributed by atoms with van der Waals surface area (Å²) in [6, 6.07) is 4.07. The van der Waals surface area contributed by atoms with Gasteiger partial charge in [0, 0.05) is 11.6 Å². The van der Waals surface area contributed by atoms with Crippen LogP contribution in [0, 0.1) is 11.8 Å². The zero-order valence-electron chi connectivity index (χ0n) is 18.3. The van der Waals surface area contributed by atoms with Gasteiger partial charge in [0.25, 0.3) is 0 Å². The highest BCUT2D eigenvalue weighted by atomic mass is 19.4. The molecule has 2 aliphatic rings. The summed E-state index contributed by atoms with van der Waals surface area (Å²) in [5.41, 5.74) is -2.09. The zero-order valence-corrected chi connectivity index (χ0v) is 18.3. The van der Waals surface area contributed by atoms with Crippen LogP contribution in [0.2, 0.25) is 0 Å². The Morgan fingerprint density at radius 3 is 2.22 bits per heavy atom. The third kappa shape index (κ3) is 4.07. The zero-order chi connectivity index (χ0) is 24.1. The molecule has 176 valence electrons. The van der Waals surface area contributed by atoms with Crippen molar-refractivity contribution in [3.63, 3.8) is 0 Å². The Labute approximate surface area is 183 Å². The molecule has 7 nitrogen and oxygen atoms in total. The molecule has 10 heteroatoms. The van der Waals surface area contributed by atoms with Gasteiger partial charge in [-0.1, -0.05) is 31.9 Å². The van der Waals surface area contributed by atoms with Crippen molar-refractivity contribution in [2.24, 2.45) is 11.8 Å². The Hall–Kier alpha value is -2.62. The predicted molar refractivity (Wildman–Crippen MR) is 107 cm³/mol. The van der Waals surface area contributed by atoms with Gasteiger partial charge >= 0.3 is 12.3 Å². The molecular formula is C22H27F3N2O5. The molecule has 0 bridgehead atoms. The number of carbonyl (C=O) groups is 3. The maximum Gasteiger partial charge on any atom is 0.573 e. The summed E-state index contributed by atoms with van der Waals surface area (Å²) in [4.78, 5) is 40.3. The van der Waals surface area contributed by atoms with Gasteiger partial charge in [0.05, 0.1) is 11.8 Å². The number of nitrogens with zero attached hydrogens (tertiary/aromatic N) is 1. The number of imide groups is 1. The average molecular weight is 456 g/mol. The number of likely N-dealkylation sites (tertiary alicyclic amines) is 1. The minimum absolute atomic E-state index is 0.142. The average Bonchev–Trinajstić information content (AvgIpc) is 3.14. The third-order valence-electron chi connectivity index (χ3n) is 6.10. The molecule has 2 heterocycles. The van der Waals surface area contributed by atoms with Crippen molar-refractivity contribution in [2.75, 3.05) is 0 Å². The quantitative estimate of drug-likeness (QED) is 0.635. The van der Waals surface area contributed by atoms with Crippen molar-refractivity contribution in [1.82, 2.24) is 10.2 Å². The van der Waals surface area contributed by atoms with E-state index in [1.54, 1.807) is 20.8 Å². The monoisotopic (exact) mass is 456 g/mol. The summed E-state index contributed by atoms with van der Waals surface area (Å²) in [5.74, 6) is -4.79. The molecule has 0 spiro atoms. The first-order valence-electron chi connectivity index (χ1n) is 10.5. The Kier molecular flexibility index (Phi) is 6.05. The number of amides is 2. The first-order valence-corrected chi connectivity index (χ1v) is 10.5. The molecular weight excluding hydrogens is 429 g/mol. The first-order chi connectivity index (χ1) is 14.7. The highest BCUT2D eigenvalue weighted by molar-refractivity contribution is 6.10. The summed E-state index contributed by atoms with van der Waals surface area (Å²) < 4.78 is 41.4. The minimum atomic E-state index is -4.85. The molecule has 0 aromatic heterocycles. The number of hydrogen-bond donors (Lipinski definition) is 2. The second kappa shape index (κ2) is 8.06. The number of nitrogens with one attached hydrogen (secondary N) is 1.